The maximum Gasteiger partial charge on any atom is 0.254 e. The van der Waals surface area contributed by atoms with Gasteiger partial charge >= 0.3 is 0 Å². The Morgan fingerprint density at radius 1 is 1.00 bits per heavy atom. The number of nitrogen functional groups attached to an aromatic ring is 1. The second-order valence-electron chi connectivity index (χ2n) is 9.11. The second-order valence-corrected chi connectivity index (χ2v) is 9.11. The molecule has 10 nitrogen and oxygen atoms in total. The number of benzene rings is 2. The van der Waals surface area contributed by atoms with Crippen molar-refractivity contribution in [2.24, 2.45) is 0 Å². The molecule has 3 N–H and O–H groups in total. The highest BCUT2D eigenvalue weighted by Gasteiger charge is 2.22. The number of hydrogen-bond acceptors (Lipinski definition) is 7. The van der Waals surface area contributed by atoms with Crippen LogP contribution in [-0.4, -0.2) is 62.6 Å². The summed E-state index contributed by atoms with van der Waals surface area (Å²) in [6.07, 6.45) is 2.73. The van der Waals surface area contributed by atoms with Crippen molar-refractivity contribution >= 4 is 28.4 Å². The van der Waals surface area contributed by atoms with Gasteiger partial charge in [0.15, 0.2) is 11.6 Å². The number of hydrogen-bond donors (Lipinski definition) is 2. The predicted molar refractivity (Wildman–Crippen MR) is 141 cm³/mol. The number of anilines is 1. The Hall–Kier alpha value is -5.10. The average molecular weight is 545 g/mol. The molecular formula is C28H22F2N6O4. The molecular weight excluding hydrogens is 522 g/mol. The van der Waals surface area contributed by atoms with Crippen LogP contribution in [-0.2, 0) is 4.74 Å². The zero-order valence-electron chi connectivity index (χ0n) is 20.9. The lowest BCUT2D eigenvalue weighted by Gasteiger charge is -2.26. The van der Waals surface area contributed by atoms with Gasteiger partial charge in [0.25, 0.3) is 5.91 Å². The van der Waals surface area contributed by atoms with Gasteiger partial charge in [0.1, 0.15) is 11.6 Å². The lowest BCUT2D eigenvalue weighted by molar-refractivity contribution is 0.0303. The van der Waals surface area contributed by atoms with Crippen LogP contribution in [0.25, 0.3) is 16.6 Å². The summed E-state index contributed by atoms with van der Waals surface area (Å²) in [5.74, 6) is -2.04. The Kier molecular flexibility index (Phi) is 6.44. The summed E-state index contributed by atoms with van der Waals surface area (Å²) in [5, 5.41) is 4.93. The van der Waals surface area contributed by atoms with Crippen molar-refractivity contribution in [3.63, 3.8) is 0 Å². The van der Waals surface area contributed by atoms with E-state index >= 15 is 0 Å². The number of morpholine rings is 1. The van der Waals surface area contributed by atoms with Crippen LogP contribution >= 0.6 is 0 Å². The van der Waals surface area contributed by atoms with E-state index in [1.807, 2.05) is 0 Å². The van der Waals surface area contributed by atoms with E-state index in [-0.39, 0.29) is 40.4 Å². The maximum atomic E-state index is 13.9. The van der Waals surface area contributed by atoms with Crippen LogP contribution in [0.15, 0.2) is 67.0 Å². The number of nitrogens with one attached hydrogen (secondary N) is 1. The van der Waals surface area contributed by atoms with Gasteiger partial charge < -0.3 is 25.1 Å². The molecule has 0 unspecified atom stereocenters. The molecule has 12 heteroatoms. The van der Waals surface area contributed by atoms with Gasteiger partial charge in [-0.05, 0) is 42.5 Å². The molecule has 1 amide bonds. The molecule has 3 aromatic heterocycles. The number of aromatic amines is 1. The number of nitrogens with two attached hydrogens (primary N) is 1. The molecule has 202 valence electrons. The molecule has 1 saturated heterocycles. The number of ether oxygens (including phenoxy) is 2. The van der Waals surface area contributed by atoms with Crippen LogP contribution in [0.5, 0.6) is 11.6 Å². The highest BCUT2D eigenvalue weighted by Crippen LogP contribution is 2.26. The van der Waals surface area contributed by atoms with Gasteiger partial charge in [0.05, 0.1) is 42.6 Å². The van der Waals surface area contributed by atoms with Gasteiger partial charge in [0, 0.05) is 41.7 Å². The van der Waals surface area contributed by atoms with Crippen LogP contribution in [0.4, 0.5) is 14.6 Å². The van der Waals surface area contributed by atoms with E-state index in [0.717, 1.165) is 18.2 Å². The number of H-pyrrole nitrogens is 1. The number of pyridine rings is 1. The van der Waals surface area contributed by atoms with E-state index in [2.05, 4.69) is 15.1 Å². The van der Waals surface area contributed by atoms with Gasteiger partial charge in [-0.3, -0.25) is 9.59 Å². The molecule has 0 atom stereocenters. The van der Waals surface area contributed by atoms with Crippen molar-refractivity contribution in [1.29, 1.82) is 0 Å². The number of ketones is 1. The Morgan fingerprint density at radius 2 is 1.82 bits per heavy atom. The van der Waals surface area contributed by atoms with Gasteiger partial charge in [-0.2, -0.15) is 5.10 Å². The van der Waals surface area contributed by atoms with Crippen LogP contribution in [0.3, 0.4) is 0 Å². The summed E-state index contributed by atoms with van der Waals surface area (Å²) in [4.78, 5) is 35.1. The van der Waals surface area contributed by atoms with Crippen molar-refractivity contribution in [3.8, 4) is 17.3 Å². The van der Waals surface area contributed by atoms with Crippen molar-refractivity contribution in [3.05, 3.63) is 95.4 Å². The van der Waals surface area contributed by atoms with E-state index in [9.17, 15) is 18.4 Å². The Bertz CT molecular complexity index is 1740. The first-order valence-electron chi connectivity index (χ1n) is 12.3. The molecule has 5 aromatic rings. The summed E-state index contributed by atoms with van der Waals surface area (Å²) in [5.41, 5.74) is 8.37. The molecule has 2 aromatic carbocycles. The van der Waals surface area contributed by atoms with E-state index < -0.39 is 11.6 Å². The molecule has 40 heavy (non-hydrogen) atoms. The average Bonchev–Trinajstić information content (AvgIpc) is 3.58. The Morgan fingerprint density at radius 3 is 2.60 bits per heavy atom. The van der Waals surface area contributed by atoms with Crippen molar-refractivity contribution in [2.45, 2.75) is 0 Å². The molecule has 0 saturated carbocycles. The van der Waals surface area contributed by atoms with Crippen molar-refractivity contribution in [1.82, 2.24) is 24.6 Å². The van der Waals surface area contributed by atoms with Crippen molar-refractivity contribution in [2.75, 3.05) is 32.0 Å². The fraction of sp³-hybridized carbons (Fsp3) is 0.143. The fourth-order valence-electron chi connectivity index (χ4n) is 4.45. The highest BCUT2D eigenvalue weighted by molar-refractivity contribution is 6.13. The minimum atomic E-state index is -0.733. The van der Waals surface area contributed by atoms with E-state index in [0.29, 0.717) is 48.5 Å². The van der Waals surface area contributed by atoms with Gasteiger partial charge in [-0.25, -0.2) is 18.4 Å². The summed E-state index contributed by atoms with van der Waals surface area (Å²) in [7, 11) is 0. The number of halogens is 2. The summed E-state index contributed by atoms with van der Waals surface area (Å²) in [6, 6.07) is 12.8. The summed E-state index contributed by atoms with van der Waals surface area (Å²) >= 11 is 0. The van der Waals surface area contributed by atoms with E-state index in [1.165, 1.54) is 23.1 Å². The number of rotatable bonds is 6. The molecule has 0 aliphatic carbocycles. The predicted octanol–water partition coefficient (Wildman–Crippen LogP) is 4.10. The molecule has 0 spiro atoms. The number of nitrogens with zero attached hydrogens (tertiary/aromatic N) is 4. The van der Waals surface area contributed by atoms with Crippen LogP contribution < -0.4 is 10.5 Å². The molecule has 6 rings (SSSR count). The standard InChI is InChI=1S/C28H22F2N6O4/c29-18-2-4-21(30)24(13-18)40-25-6-3-19(14-32-25)36-27(31)20(15-33-36)26(37)23-12-17-11-16(1-5-22(17)34-23)28(38)35-7-9-39-10-8-35/h1-6,11-15,34H,7-10,31H2. The first kappa shape index (κ1) is 25.2. The SMILES string of the molecule is Nc1c(C(=O)c2cc3cc(C(=O)N4CCOCC4)ccc3[nH]2)cnn1-c1ccc(Oc2cc(F)ccc2F)nc1. The lowest BCUT2D eigenvalue weighted by atomic mass is 10.1. The third-order valence-corrected chi connectivity index (χ3v) is 6.53. The third-order valence-electron chi connectivity index (χ3n) is 6.53. The van der Waals surface area contributed by atoms with Crippen molar-refractivity contribution < 1.29 is 27.8 Å². The maximum absolute atomic E-state index is 13.9. The first-order chi connectivity index (χ1) is 19.4. The largest absolute Gasteiger partial charge is 0.436 e. The van der Waals surface area contributed by atoms with Crippen LogP contribution in [0.1, 0.15) is 26.4 Å². The van der Waals surface area contributed by atoms with Gasteiger partial charge in [0.2, 0.25) is 11.7 Å². The molecule has 1 aliphatic heterocycles. The minimum Gasteiger partial charge on any atom is -0.436 e. The smallest absolute Gasteiger partial charge is 0.254 e. The molecule has 0 bridgehead atoms. The number of carbonyl (C=O) groups excluding carboxylic acids is 2. The summed E-state index contributed by atoms with van der Waals surface area (Å²) < 4.78 is 39.2. The first-order valence-corrected chi connectivity index (χ1v) is 12.3. The molecule has 1 aliphatic rings. The number of amides is 1. The fourth-order valence-corrected chi connectivity index (χ4v) is 4.45. The normalized spacial score (nSPS) is 13.5. The quantitative estimate of drug-likeness (QED) is 0.308. The third kappa shape index (κ3) is 4.76. The highest BCUT2D eigenvalue weighted by atomic mass is 19.1. The number of carbonyl (C=O) groups is 2. The number of aromatic nitrogens is 4. The van der Waals surface area contributed by atoms with E-state index in [1.54, 1.807) is 35.2 Å². The zero-order valence-corrected chi connectivity index (χ0v) is 20.9. The second kappa shape index (κ2) is 10.2. The van der Waals surface area contributed by atoms with Gasteiger partial charge in [-0.15, -0.1) is 0 Å². The lowest BCUT2D eigenvalue weighted by Crippen LogP contribution is -2.40. The molecule has 1 fully saturated rings. The Balaban J connectivity index is 1.21. The van der Waals surface area contributed by atoms with Gasteiger partial charge in [-0.1, -0.05) is 0 Å². The monoisotopic (exact) mass is 544 g/mol. The van der Waals surface area contributed by atoms with Crippen LogP contribution in [0.2, 0.25) is 0 Å². The zero-order chi connectivity index (χ0) is 27.8. The minimum absolute atomic E-state index is 0.0276. The number of fused-ring (bicyclic) bond motifs is 1. The topological polar surface area (TPSA) is 128 Å². The van der Waals surface area contributed by atoms with E-state index in [4.69, 9.17) is 15.2 Å². The Labute approximate surface area is 225 Å². The summed E-state index contributed by atoms with van der Waals surface area (Å²) in [6.45, 7) is 2.09. The molecule has 4 heterocycles. The molecule has 0 radical (unpaired) electrons. The van der Waals surface area contributed by atoms with Crippen LogP contribution in [0, 0.1) is 11.6 Å².